The average molecular weight is 327 g/mol. The summed E-state index contributed by atoms with van der Waals surface area (Å²) in [7, 11) is -2.38. The van der Waals surface area contributed by atoms with E-state index in [0.29, 0.717) is 0 Å². The van der Waals surface area contributed by atoms with Gasteiger partial charge < -0.3 is 5.73 Å². The summed E-state index contributed by atoms with van der Waals surface area (Å²) in [6, 6.07) is 5.29. The summed E-state index contributed by atoms with van der Waals surface area (Å²) in [5.74, 6) is 0. The van der Waals surface area contributed by atoms with E-state index in [2.05, 4.69) is 0 Å². The molecule has 2 aromatic rings. The third-order valence-corrected chi connectivity index (χ3v) is 5.42. The molecule has 0 unspecified atom stereocenters. The first kappa shape index (κ1) is 15.4. The lowest BCUT2D eigenvalue weighted by molar-refractivity contribution is -0.384. The number of anilines is 1. The highest BCUT2D eigenvalue weighted by molar-refractivity contribution is 7.89. The molecule has 9 heteroatoms. The monoisotopic (exact) mass is 327 g/mol. The molecule has 0 aliphatic carbocycles. The van der Waals surface area contributed by atoms with Crippen LogP contribution in [0.4, 0.5) is 11.4 Å². The molecule has 2 rings (SSSR count). The first-order chi connectivity index (χ1) is 9.82. The Labute approximate surface area is 125 Å². The SMILES string of the molecule is CN(Cc1ccsc1)S(=O)(=O)c1ccc(N)c([N+](=O)[O-])c1. The Morgan fingerprint density at radius 2 is 2.10 bits per heavy atom. The fourth-order valence-electron chi connectivity index (χ4n) is 1.75. The Balaban J connectivity index is 2.35. The average Bonchev–Trinajstić information content (AvgIpc) is 2.91. The van der Waals surface area contributed by atoms with Gasteiger partial charge >= 0.3 is 0 Å². The molecule has 0 radical (unpaired) electrons. The van der Waals surface area contributed by atoms with Crippen LogP contribution in [0.5, 0.6) is 0 Å². The quantitative estimate of drug-likeness (QED) is 0.514. The molecule has 21 heavy (non-hydrogen) atoms. The first-order valence-corrected chi connectivity index (χ1v) is 8.22. The fourth-order valence-corrected chi connectivity index (χ4v) is 3.59. The van der Waals surface area contributed by atoms with Gasteiger partial charge in [-0.05, 0) is 34.5 Å². The van der Waals surface area contributed by atoms with Crippen LogP contribution in [0, 0.1) is 10.1 Å². The molecule has 0 saturated heterocycles. The van der Waals surface area contributed by atoms with E-state index in [1.54, 1.807) is 0 Å². The van der Waals surface area contributed by atoms with Gasteiger partial charge in [-0.15, -0.1) is 0 Å². The van der Waals surface area contributed by atoms with Gasteiger partial charge in [0.1, 0.15) is 5.69 Å². The summed E-state index contributed by atoms with van der Waals surface area (Å²) in [6.07, 6.45) is 0. The smallest absolute Gasteiger partial charge is 0.293 e. The molecule has 2 N–H and O–H groups in total. The highest BCUT2D eigenvalue weighted by Gasteiger charge is 2.24. The number of hydrogen-bond donors (Lipinski definition) is 1. The summed E-state index contributed by atoms with van der Waals surface area (Å²) in [4.78, 5) is 9.99. The molecular formula is C12H13N3O4S2. The molecule has 0 saturated carbocycles. The Hall–Kier alpha value is -1.97. The molecule has 0 aliphatic heterocycles. The number of benzene rings is 1. The van der Waals surface area contributed by atoms with Gasteiger partial charge in [0.05, 0.1) is 9.82 Å². The Morgan fingerprint density at radius 3 is 2.67 bits per heavy atom. The molecule has 0 amide bonds. The number of thiophene rings is 1. The Bertz CT molecular complexity index is 757. The number of nitro groups is 1. The number of rotatable bonds is 5. The van der Waals surface area contributed by atoms with Crippen LogP contribution in [-0.4, -0.2) is 24.7 Å². The maximum Gasteiger partial charge on any atom is 0.293 e. The maximum atomic E-state index is 12.4. The van der Waals surface area contributed by atoms with Gasteiger partial charge in [0.25, 0.3) is 5.69 Å². The second-order valence-corrected chi connectivity index (χ2v) is 7.20. The minimum atomic E-state index is -3.81. The molecule has 0 bridgehead atoms. The second-order valence-electron chi connectivity index (χ2n) is 4.37. The molecule has 112 valence electrons. The minimum Gasteiger partial charge on any atom is -0.393 e. The lowest BCUT2D eigenvalue weighted by Gasteiger charge is -2.16. The van der Waals surface area contributed by atoms with E-state index in [4.69, 9.17) is 5.73 Å². The van der Waals surface area contributed by atoms with Crippen molar-refractivity contribution in [1.29, 1.82) is 0 Å². The van der Waals surface area contributed by atoms with Crippen molar-refractivity contribution >= 4 is 32.7 Å². The standard InChI is InChI=1S/C12H13N3O4S2/c1-14(7-9-4-5-20-8-9)21(18,19)10-2-3-11(13)12(6-10)15(16)17/h2-6,8H,7,13H2,1H3. The van der Waals surface area contributed by atoms with Crippen LogP contribution >= 0.6 is 11.3 Å². The largest absolute Gasteiger partial charge is 0.393 e. The van der Waals surface area contributed by atoms with Crippen molar-refractivity contribution in [2.24, 2.45) is 0 Å². The third-order valence-electron chi connectivity index (χ3n) is 2.89. The highest BCUT2D eigenvalue weighted by atomic mass is 32.2. The summed E-state index contributed by atoms with van der Waals surface area (Å²) in [6.45, 7) is 0.198. The molecule has 0 fully saturated rings. The molecule has 7 nitrogen and oxygen atoms in total. The van der Waals surface area contributed by atoms with E-state index in [9.17, 15) is 18.5 Å². The second kappa shape index (κ2) is 5.80. The number of sulfonamides is 1. The minimum absolute atomic E-state index is 0.0700. The van der Waals surface area contributed by atoms with Crippen molar-refractivity contribution in [3.63, 3.8) is 0 Å². The van der Waals surface area contributed by atoms with Gasteiger partial charge in [-0.25, -0.2) is 8.42 Å². The van der Waals surface area contributed by atoms with Gasteiger partial charge in [0.2, 0.25) is 10.0 Å². The first-order valence-electron chi connectivity index (χ1n) is 5.83. The molecule has 1 heterocycles. The number of nitrogens with two attached hydrogens (primary N) is 1. The number of nitrogens with zero attached hydrogens (tertiary/aromatic N) is 2. The fraction of sp³-hybridized carbons (Fsp3) is 0.167. The van der Waals surface area contributed by atoms with Crippen LogP contribution in [0.3, 0.4) is 0 Å². The van der Waals surface area contributed by atoms with Crippen molar-refractivity contribution < 1.29 is 13.3 Å². The van der Waals surface area contributed by atoms with Crippen LogP contribution in [0.15, 0.2) is 39.9 Å². The maximum absolute atomic E-state index is 12.4. The van der Waals surface area contributed by atoms with Crippen LogP contribution in [0.2, 0.25) is 0 Å². The van der Waals surface area contributed by atoms with Crippen LogP contribution in [0.1, 0.15) is 5.56 Å². The van der Waals surface area contributed by atoms with Crippen molar-refractivity contribution in [3.8, 4) is 0 Å². The van der Waals surface area contributed by atoms with E-state index < -0.39 is 20.6 Å². The summed E-state index contributed by atoms with van der Waals surface area (Å²) >= 11 is 1.47. The van der Waals surface area contributed by atoms with E-state index in [1.807, 2.05) is 16.8 Å². The normalized spacial score (nSPS) is 11.7. The zero-order chi connectivity index (χ0) is 15.6. The molecular weight excluding hydrogens is 314 g/mol. The van der Waals surface area contributed by atoms with E-state index >= 15 is 0 Å². The molecule has 0 spiro atoms. The number of nitrogen functional groups attached to an aromatic ring is 1. The van der Waals surface area contributed by atoms with Crippen LogP contribution in [0.25, 0.3) is 0 Å². The number of hydrogen-bond acceptors (Lipinski definition) is 6. The molecule has 0 atom stereocenters. The summed E-state index contributed by atoms with van der Waals surface area (Å²) in [5.41, 5.74) is 5.84. The van der Waals surface area contributed by atoms with E-state index in [0.717, 1.165) is 15.9 Å². The van der Waals surface area contributed by atoms with E-state index in [1.165, 1.54) is 30.5 Å². The van der Waals surface area contributed by atoms with Gasteiger partial charge in [0.15, 0.2) is 0 Å². The topological polar surface area (TPSA) is 107 Å². The van der Waals surface area contributed by atoms with Crippen molar-refractivity contribution in [2.45, 2.75) is 11.4 Å². The predicted molar refractivity (Wildman–Crippen MR) is 80.5 cm³/mol. The van der Waals surface area contributed by atoms with Crippen molar-refractivity contribution in [1.82, 2.24) is 4.31 Å². The van der Waals surface area contributed by atoms with Gasteiger partial charge in [0, 0.05) is 19.7 Å². The molecule has 0 aliphatic rings. The van der Waals surface area contributed by atoms with Crippen molar-refractivity contribution in [2.75, 3.05) is 12.8 Å². The predicted octanol–water partition coefficient (Wildman–Crippen LogP) is 2.06. The highest BCUT2D eigenvalue weighted by Crippen LogP contribution is 2.26. The summed E-state index contributed by atoms with van der Waals surface area (Å²) < 4.78 is 26.0. The van der Waals surface area contributed by atoms with Gasteiger partial charge in [-0.3, -0.25) is 10.1 Å². The Morgan fingerprint density at radius 1 is 1.38 bits per heavy atom. The lowest BCUT2D eigenvalue weighted by Crippen LogP contribution is -2.26. The third kappa shape index (κ3) is 3.20. The van der Waals surface area contributed by atoms with E-state index in [-0.39, 0.29) is 17.1 Å². The zero-order valence-corrected chi connectivity index (χ0v) is 12.7. The molecule has 1 aromatic heterocycles. The van der Waals surface area contributed by atoms with Crippen LogP contribution in [-0.2, 0) is 16.6 Å². The van der Waals surface area contributed by atoms with Crippen LogP contribution < -0.4 is 5.73 Å². The Kier molecular flexibility index (Phi) is 4.26. The van der Waals surface area contributed by atoms with Gasteiger partial charge in [-0.1, -0.05) is 0 Å². The zero-order valence-electron chi connectivity index (χ0n) is 11.1. The number of nitro benzene ring substituents is 1. The summed E-state index contributed by atoms with van der Waals surface area (Å²) in [5, 5.41) is 14.5. The van der Waals surface area contributed by atoms with Gasteiger partial charge in [-0.2, -0.15) is 15.6 Å². The lowest BCUT2D eigenvalue weighted by atomic mass is 10.3. The van der Waals surface area contributed by atoms with Crippen molar-refractivity contribution in [3.05, 3.63) is 50.7 Å². The molecule has 1 aromatic carbocycles.